The summed E-state index contributed by atoms with van der Waals surface area (Å²) in [7, 11) is 0. The molecule has 0 spiro atoms. The molecule has 86 valence electrons. The van der Waals surface area contributed by atoms with Gasteiger partial charge in [-0.1, -0.05) is 5.57 Å². The van der Waals surface area contributed by atoms with Crippen molar-refractivity contribution in [3.8, 4) is 0 Å². The maximum Gasteiger partial charge on any atom is 0.419 e. The van der Waals surface area contributed by atoms with E-state index in [4.69, 9.17) is 11.5 Å². The third-order valence-electron chi connectivity index (χ3n) is 1.53. The fourth-order valence-corrected chi connectivity index (χ4v) is 0.731. The van der Waals surface area contributed by atoms with E-state index in [0.29, 0.717) is 11.8 Å². The quantitative estimate of drug-likeness (QED) is 0.426. The van der Waals surface area contributed by atoms with Crippen LogP contribution < -0.4 is 11.5 Å². The molecule has 0 atom stereocenters. The second-order valence-corrected chi connectivity index (χ2v) is 3.22. The molecule has 0 aromatic carbocycles. The number of nitrogens with two attached hydrogens (primary N) is 2. The third kappa shape index (κ3) is 4.53. The average molecular weight is 221 g/mol. The van der Waals surface area contributed by atoms with Crippen LogP contribution in [0.25, 0.3) is 0 Å². The van der Waals surface area contributed by atoms with E-state index in [1.165, 1.54) is 20.8 Å². The van der Waals surface area contributed by atoms with Crippen LogP contribution in [-0.4, -0.2) is 12.0 Å². The molecule has 0 aromatic heterocycles. The van der Waals surface area contributed by atoms with Gasteiger partial charge in [0.05, 0.1) is 11.4 Å². The van der Waals surface area contributed by atoms with Crippen molar-refractivity contribution in [2.75, 3.05) is 0 Å². The van der Waals surface area contributed by atoms with E-state index < -0.39 is 11.7 Å². The SMILES string of the molecule is CC(N)=N/C=C(\C(N)=C(C)C)C(F)(F)F. The molecule has 0 saturated heterocycles. The molecule has 4 N–H and O–H groups in total. The summed E-state index contributed by atoms with van der Waals surface area (Å²) in [6, 6.07) is 0. The van der Waals surface area contributed by atoms with Crippen molar-refractivity contribution >= 4 is 5.84 Å². The van der Waals surface area contributed by atoms with Gasteiger partial charge in [0.25, 0.3) is 0 Å². The molecule has 0 aliphatic carbocycles. The lowest BCUT2D eigenvalue weighted by atomic mass is 10.1. The molecule has 15 heavy (non-hydrogen) atoms. The van der Waals surface area contributed by atoms with Gasteiger partial charge in [0.2, 0.25) is 0 Å². The van der Waals surface area contributed by atoms with Gasteiger partial charge in [-0.25, -0.2) is 4.99 Å². The minimum atomic E-state index is -4.53. The second kappa shape index (κ2) is 4.86. The van der Waals surface area contributed by atoms with Crippen LogP contribution in [-0.2, 0) is 0 Å². The number of halogens is 3. The van der Waals surface area contributed by atoms with E-state index in [1.54, 1.807) is 0 Å². The number of nitrogens with zero attached hydrogens (tertiary/aromatic N) is 1. The van der Waals surface area contributed by atoms with Crippen LogP contribution in [0, 0.1) is 0 Å². The molecule has 0 aromatic rings. The molecule has 3 nitrogen and oxygen atoms in total. The normalized spacial score (nSPS) is 14.0. The Hall–Kier alpha value is -1.46. The van der Waals surface area contributed by atoms with Crippen molar-refractivity contribution in [2.24, 2.45) is 16.5 Å². The average Bonchev–Trinajstić information content (AvgIpc) is 2.00. The number of hydrogen-bond acceptors (Lipinski definition) is 2. The summed E-state index contributed by atoms with van der Waals surface area (Å²) in [6.45, 7) is 4.38. The molecule has 0 fully saturated rings. The summed E-state index contributed by atoms with van der Waals surface area (Å²) in [5.41, 5.74) is 9.53. The molecule has 0 aliphatic rings. The number of hydrogen-bond donors (Lipinski definition) is 2. The lowest BCUT2D eigenvalue weighted by Gasteiger charge is -2.12. The summed E-state index contributed by atoms with van der Waals surface area (Å²) in [4.78, 5) is 3.39. The number of amidine groups is 1. The van der Waals surface area contributed by atoms with Crippen LogP contribution >= 0.6 is 0 Å². The Bertz CT molecular complexity index is 316. The lowest BCUT2D eigenvalue weighted by Crippen LogP contribution is -2.19. The van der Waals surface area contributed by atoms with Gasteiger partial charge in [-0.3, -0.25) is 0 Å². The van der Waals surface area contributed by atoms with Crippen LogP contribution in [0.3, 0.4) is 0 Å². The Morgan fingerprint density at radius 3 is 1.87 bits per heavy atom. The maximum absolute atomic E-state index is 12.5. The van der Waals surface area contributed by atoms with Crippen molar-refractivity contribution in [2.45, 2.75) is 26.9 Å². The van der Waals surface area contributed by atoms with Gasteiger partial charge in [-0.05, 0) is 20.8 Å². The van der Waals surface area contributed by atoms with Crippen molar-refractivity contribution in [1.29, 1.82) is 0 Å². The highest BCUT2D eigenvalue weighted by Crippen LogP contribution is 2.30. The summed E-state index contributed by atoms with van der Waals surface area (Å²) < 4.78 is 37.5. The first-order chi connectivity index (χ1) is 6.66. The summed E-state index contributed by atoms with van der Waals surface area (Å²) in [5, 5.41) is 0. The molecular formula is C9H14F3N3. The van der Waals surface area contributed by atoms with Crippen LogP contribution in [0.1, 0.15) is 20.8 Å². The minimum Gasteiger partial charge on any atom is -0.398 e. The van der Waals surface area contributed by atoms with E-state index in [-0.39, 0.29) is 11.5 Å². The van der Waals surface area contributed by atoms with E-state index in [1.807, 2.05) is 0 Å². The Morgan fingerprint density at radius 2 is 1.60 bits per heavy atom. The maximum atomic E-state index is 12.5. The first-order valence-electron chi connectivity index (χ1n) is 4.16. The van der Waals surface area contributed by atoms with Crippen LogP contribution in [0.2, 0.25) is 0 Å². The van der Waals surface area contributed by atoms with Crippen molar-refractivity contribution in [3.05, 3.63) is 23.0 Å². The van der Waals surface area contributed by atoms with E-state index in [2.05, 4.69) is 4.99 Å². The lowest BCUT2D eigenvalue weighted by molar-refractivity contribution is -0.0897. The van der Waals surface area contributed by atoms with E-state index >= 15 is 0 Å². The molecule has 0 rings (SSSR count). The Morgan fingerprint density at radius 1 is 1.13 bits per heavy atom. The molecule has 0 saturated carbocycles. The van der Waals surface area contributed by atoms with Crippen LogP contribution in [0.5, 0.6) is 0 Å². The highest BCUT2D eigenvalue weighted by molar-refractivity contribution is 5.78. The number of allylic oxidation sites excluding steroid dienone is 2. The topological polar surface area (TPSA) is 64.4 Å². The Kier molecular flexibility index (Phi) is 4.39. The summed E-state index contributed by atoms with van der Waals surface area (Å²) in [5.74, 6) is 0.0401. The molecule has 0 unspecified atom stereocenters. The van der Waals surface area contributed by atoms with Gasteiger partial charge >= 0.3 is 6.18 Å². The van der Waals surface area contributed by atoms with Gasteiger partial charge < -0.3 is 11.5 Å². The van der Waals surface area contributed by atoms with E-state index in [9.17, 15) is 13.2 Å². The molecule has 0 bridgehead atoms. The van der Waals surface area contributed by atoms with Crippen molar-refractivity contribution < 1.29 is 13.2 Å². The fourth-order valence-electron chi connectivity index (χ4n) is 0.731. The highest BCUT2D eigenvalue weighted by Gasteiger charge is 2.35. The first-order valence-corrected chi connectivity index (χ1v) is 4.16. The number of alkyl halides is 3. The van der Waals surface area contributed by atoms with Gasteiger partial charge in [0, 0.05) is 11.9 Å². The monoisotopic (exact) mass is 221 g/mol. The molecule has 6 heteroatoms. The summed E-state index contributed by atoms with van der Waals surface area (Å²) >= 11 is 0. The van der Waals surface area contributed by atoms with Crippen molar-refractivity contribution in [3.63, 3.8) is 0 Å². The van der Waals surface area contributed by atoms with Gasteiger partial charge in [0.1, 0.15) is 0 Å². The zero-order chi connectivity index (χ0) is 12.2. The van der Waals surface area contributed by atoms with E-state index in [0.717, 1.165) is 0 Å². The van der Waals surface area contributed by atoms with Crippen molar-refractivity contribution in [1.82, 2.24) is 0 Å². The van der Waals surface area contributed by atoms with Crippen LogP contribution in [0.4, 0.5) is 13.2 Å². The van der Waals surface area contributed by atoms with Gasteiger partial charge in [-0.2, -0.15) is 13.2 Å². The fraction of sp³-hybridized carbons (Fsp3) is 0.444. The number of aliphatic imine (C=N–C) groups is 1. The zero-order valence-electron chi connectivity index (χ0n) is 8.81. The largest absolute Gasteiger partial charge is 0.419 e. The van der Waals surface area contributed by atoms with Gasteiger partial charge in [0.15, 0.2) is 0 Å². The molecular weight excluding hydrogens is 207 g/mol. The second-order valence-electron chi connectivity index (χ2n) is 3.22. The first kappa shape index (κ1) is 13.5. The predicted molar refractivity (Wildman–Crippen MR) is 54.0 cm³/mol. The predicted octanol–water partition coefficient (Wildman–Crippen LogP) is 2.06. The van der Waals surface area contributed by atoms with Crippen LogP contribution in [0.15, 0.2) is 28.0 Å². The minimum absolute atomic E-state index is 0.0401. The molecule has 0 radical (unpaired) electrons. The number of rotatable bonds is 2. The zero-order valence-corrected chi connectivity index (χ0v) is 8.81. The standard InChI is InChI=1S/C9H14F3N3/c1-5(2)8(14)7(9(10,11)12)4-15-6(3)13/h4H,14H2,1-3H3,(H2,13,15)/b7-4+. The molecule has 0 amide bonds. The Labute approximate surface area is 86.4 Å². The smallest absolute Gasteiger partial charge is 0.398 e. The van der Waals surface area contributed by atoms with Gasteiger partial charge in [-0.15, -0.1) is 0 Å². The Balaban J connectivity index is 5.38. The highest BCUT2D eigenvalue weighted by atomic mass is 19.4. The molecule has 0 heterocycles. The summed E-state index contributed by atoms with van der Waals surface area (Å²) in [6.07, 6.45) is -3.89. The molecule has 0 aliphatic heterocycles. The third-order valence-corrected chi connectivity index (χ3v) is 1.53.